The molecule has 2 heterocycles. The third-order valence-corrected chi connectivity index (χ3v) is 7.74. The lowest BCUT2D eigenvalue weighted by atomic mass is 10.2. The van der Waals surface area contributed by atoms with Crippen molar-refractivity contribution in [2.75, 3.05) is 0 Å². The van der Waals surface area contributed by atoms with E-state index in [1.165, 1.54) is 66.1 Å². The summed E-state index contributed by atoms with van der Waals surface area (Å²) in [6.45, 7) is 8.24. The van der Waals surface area contributed by atoms with Gasteiger partial charge in [0.25, 0.3) is 0 Å². The number of aromatic nitrogens is 2. The van der Waals surface area contributed by atoms with Gasteiger partial charge in [0.15, 0.2) is 0 Å². The molecule has 8 aromatic rings. The van der Waals surface area contributed by atoms with Crippen LogP contribution in [0.4, 0.5) is 0 Å². The zero-order valence-electron chi connectivity index (χ0n) is 24.8. The van der Waals surface area contributed by atoms with E-state index in [1.54, 1.807) is 0 Å². The first-order valence-corrected chi connectivity index (χ1v) is 14.8. The summed E-state index contributed by atoms with van der Waals surface area (Å²) in [5.41, 5.74) is 10.1. The summed E-state index contributed by atoms with van der Waals surface area (Å²) in [5.74, 6) is 0. The molecule has 206 valence electrons. The summed E-state index contributed by atoms with van der Waals surface area (Å²) < 4.78 is 4.67. The molecule has 2 nitrogen and oxygen atoms in total. The largest absolute Gasteiger partial charge is 0.309 e. The van der Waals surface area contributed by atoms with E-state index in [0.717, 1.165) is 0 Å². The second-order valence-electron chi connectivity index (χ2n) is 10.4. The maximum absolute atomic E-state index is 2.34. The average Bonchev–Trinajstić information content (AvgIpc) is 3.57. The third kappa shape index (κ3) is 4.86. The SMILES string of the molecule is CC.Cc1ccc(-n2c3ccccc3c3ccccc32)cc1.Cc1ccc(-n2c3ccccc3c3ccccc32)cc1. The maximum atomic E-state index is 2.34. The van der Waals surface area contributed by atoms with Crippen LogP contribution in [0.25, 0.3) is 55.0 Å². The Bertz CT molecular complexity index is 1840. The number of para-hydroxylation sites is 4. The van der Waals surface area contributed by atoms with Crippen LogP contribution in [-0.2, 0) is 0 Å². The first kappa shape index (κ1) is 27.1. The second-order valence-corrected chi connectivity index (χ2v) is 10.4. The summed E-state index contributed by atoms with van der Waals surface area (Å²) in [5, 5.41) is 5.24. The van der Waals surface area contributed by atoms with Crippen molar-refractivity contribution in [2.24, 2.45) is 0 Å². The molecule has 42 heavy (non-hydrogen) atoms. The van der Waals surface area contributed by atoms with Crippen LogP contribution in [0.3, 0.4) is 0 Å². The molecule has 0 aliphatic carbocycles. The Hall–Kier alpha value is -5.08. The Morgan fingerprint density at radius 3 is 0.810 bits per heavy atom. The molecule has 0 atom stereocenters. The van der Waals surface area contributed by atoms with E-state index in [2.05, 4.69) is 169 Å². The smallest absolute Gasteiger partial charge is 0.0541 e. The summed E-state index contributed by atoms with van der Waals surface area (Å²) in [4.78, 5) is 0. The van der Waals surface area contributed by atoms with Gasteiger partial charge >= 0.3 is 0 Å². The van der Waals surface area contributed by atoms with Gasteiger partial charge in [-0.05, 0) is 62.4 Å². The van der Waals surface area contributed by atoms with E-state index in [9.17, 15) is 0 Å². The molecule has 0 spiro atoms. The Balaban J connectivity index is 0.000000142. The van der Waals surface area contributed by atoms with Gasteiger partial charge in [-0.1, -0.05) is 122 Å². The molecule has 0 saturated carbocycles. The van der Waals surface area contributed by atoms with Crippen molar-refractivity contribution in [3.63, 3.8) is 0 Å². The third-order valence-electron chi connectivity index (χ3n) is 7.74. The quantitative estimate of drug-likeness (QED) is 0.205. The molecular weight excluding hydrogens is 508 g/mol. The summed E-state index contributed by atoms with van der Waals surface area (Å²) >= 11 is 0. The lowest BCUT2D eigenvalue weighted by molar-refractivity contribution is 1.17. The highest BCUT2D eigenvalue weighted by molar-refractivity contribution is 6.10. The maximum Gasteiger partial charge on any atom is 0.0541 e. The molecule has 0 aliphatic heterocycles. The number of fused-ring (bicyclic) bond motifs is 6. The Morgan fingerprint density at radius 1 is 0.310 bits per heavy atom. The van der Waals surface area contributed by atoms with Gasteiger partial charge in [-0.15, -0.1) is 0 Å². The first-order valence-electron chi connectivity index (χ1n) is 14.8. The monoisotopic (exact) mass is 544 g/mol. The topological polar surface area (TPSA) is 9.86 Å². The highest BCUT2D eigenvalue weighted by Crippen LogP contribution is 2.33. The van der Waals surface area contributed by atoms with Gasteiger partial charge in [0, 0.05) is 32.9 Å². The minimum absolute atomic E-state index is 1.22. The second kappa shape index (κ2) is 11.8. The molecule has 0 bridgehead atoms. The summed E-state index contributed by atoms with van der Waals surface area (Å²) in [6, 6.07) is 51.8. The molecule has 6 aromatic carbocycles. The first-order chi connectivity index (χ1) is 20.7. The highest BCUT2D eigenvalue weighted by atomic mass is 15.0. The van der Waals surface area contributed by atoms with E-state index in [4.69, 9.17) is 0 Å². The lowest BCUT2D eigenvalue weighted by Gasteiger charge is -2.07. The van der Waals surface area contributed by atoms with Gasteiger partial charge in [-0.25, -0.2) is 0 Å². The van der Waals surface area contributed by atoms with Crippen molar-refractivity contribution in [3.05, 3.63) is 157 Å². The molecule has 2 aromatic heterocycles. The van der Waals surface area contributed by atoms with Crippen molar-refractivity contribution < 1.29 is 0 Å². The van der Waals surface area contributed by atoms with Crippen molar-refractivity contribution in [3.8, 4) is 11.4 Å². The Kier molecular flexibility index (Phi) is 7.62. The molecule has 0 saturated heterocycles. The van der Waals surface area contributed by atoms with Crippen LogP contribution in [0.5, 0.6) is 0 Å². The van der Waals surface area contributed by atoms with E-state index in [0.29, 0.717) is 0 Å². The normalized spacial score (nSPS) is 10.9. The van der Waals surface area contributed by atoms with Gasteiger partial charge in [0.2, 0.25) is 0 Å². The molecule has 2 heteroatoms. The zero-order valence-corrected chi connectivity index (χ0v) is 24.8. The van der Waals surface area contributed by atoms with Gasteiger partial charge < -0.3 is 9.13 Å². The highest BCUT2D eigenvalue weighted by Gasteiger charge is 2.11. The van der Waals surface area contributed by atoms with Crippen LogP contribution in [0, 0.1) is 13.8 Å². The predicted molar refractivity (Wildman–Crippen MR) is 182 cm³/mol. The molecular formula is C40H36N2. The fourth-order valence-corrected chi connectivity index (χ4v) is 5.79. The molecule has 0 radical (unpaired) electrons. The predicted octanol–water partition coefficient (Wildman–Crippen LogP) is 11.2. The number of aryl methyl sites for hydroxylation is 2. The molecule has 8 rings (SSSR count). The number of hydrogen-bond acceptors (Lipinski definition) is 0. The number of nitrogens with zero attached hydrogens (tertiary/aromatic N) is 2. The minimum atomic E-state index is 1.22. The van der Waals surface area contributed by atoms with E-state index >= 15 is 0 Å². The van der Waals surface area contributed by atoms with Crippen LogP contribution >= 0.6 is 0 Å². The number of hydrogen-bond donors (Lipinski definition) is 0. The summed E-state index contributed by atoms with van der Waals surface area (Å²) in [7, 11) is 0. The molecule has 0 aliphatic rings. The zero-order chi connectivity index (χ0) is 29.1. The molecule has 0 N–H and O–H groups in total. The van der Waals surface area contributed by atoms with Crippen molar-refractivity contribution in [1.82, 2.24) is 9.13 Å². The Labute approximate surface area is 248 Å². The molecule has 0 amide bonds. The van der Waals surface area contributed by atoms with E-state index < -0.39 is 0 Å². The minimum Gasteiger partial charge on any atom is -0.309 e. The lowest BCUT2D eigenvalue weighted by Crippen LogP contribution is -1.93. The van der Waals surface area contributed by atoms with Crippen LogP contribution in [0.15, 0.2) is 146 Å². The van der Waals surface area contributed by atoms with Gasteiger partial charge in [0.1, 0.15) is 0 Å². The van der Waals surface area contributed by atoms with Crippen molar-refractivity contribution in [2.45, 2.75) is 27.7 Å². The number of benzene rings is 6. The van der Waals surface area contributed by atoms with Gasteiger partial charge in [-0.3, -0.25) is 0 Å². The average molecular weight is 545 g/mol. The van der Waals surface area contributed by atoms with Crippen LogP contribution in [0.2, 0.25) is 0 Å². The van der Waals surface area contributed by atoms with Crippen molar-refractivity contribution in [1.29, 1.82) is 0 Å². The summed E-state index contributed by atoms with van der Waals surface area (Å²) in [6.07, 6.45) is 0. The van der Waals surface area contributed by atoms with Crippen molar-refractivity contribution >= 4 is 43.6 Å². The fraction of sp³-hybridized carbons (Fsp3) is 0.100. The molecule has 0 fully saturated rings. The molecule has 0 unspecified atom stereocenters. The van der Waals surface area contributed by atoms with Gasteiger partial charge in [0.05, 0.1) is 22.1 Å². The standard InChI is InChI=1S/2C19H15N.C2H6/c2*1-14-10-12-15(13-11-14)20-18-8-4-2-6-16(18)17-7-3-5-9-19(17)20;1-2/h2*2-13H,1H3;1-2H3. The Morgan fingerprint density at radius 2 is 0.548 bits per heavy atom. The van der Waals surface area contributed by atoms with Crippen LogP contribution in [0.1, 0.15) is 25.0 Å². The van der Waals surface area contributed by atoms with Crippen LogP contribution < -0.4 is 0 Å². The van der Waals surface area contributed by atoms with E-state index in [-0.39, 0.29) is 0 Å². The van der Waals surface area contributed by atoms with Gasteiger partial charge in [-0.2, -0.15) is 0 Å². The number of rotatable bonds is 2. The fourth-order valence-electron chi connectivity index (χ4n) is 5.79. The van der Waals surface area contributed by atoms with E-state index in [1.807, 2.05) is 13.8 Å². The van der Waals surface area contributed by atoms with Crippen LogP contribution in [-0.4, -0.2) is 9.13 Å².